The van der Waals surface area contributed by atoms with Gasteiger partial charge in [0.25, 0.3) is 0 Å². The molecule has 0 atom stereocenters. The molecular weight excluding hydrogens is 246 g/mol. The number of benzene rings is 1. The van der Waals surface area contributed by atoms with E-state index < -0.39 is 0 Å². The van der Waals surface area contributed by atoms with Crippen LogP contribution in [0.5, 0.6) is 0 Å². The highest BCUT2D eigenvalue weighted by Crippen LogP contribution is 2.22. The van der Waals surface area contributed by atoms with Crippen molar-refractivity contribution in [2.45, 2.75) is 53.1 Å². The molecule has 0 amide bonds. The Kier molecular flexibility index (Phi) is 7.11. The first-order valence-corrected chi connectivity index (χ1v) is 7.63. The molecular formula is C17H27N3. The van der Waals surface area contributed by atoms with E-state index in [2.05, 4.69) is 56.1 Å². The Morgan fingerprint density at radius 2 is 2.05 bits per heavy atom. The molecule has 0 aliphatic carbocycles. The van der Waals surface area contributed by atoms with E-state index in [9.17, 15) is 5.26 Å². The van der Waals surface area contributed by atoms with Crippen LogP contribution >= 0.6 is 0 Å². The molecule has 110 valence electrons. The molecule has 0 aromatic heterocycles. The second kappa shape index (κ2) is 8.60. The first-order valence-electron chi connectivity index (χ1n) is 7.63. The van der Waals surface area contributed by atoms with E-state index >= 15 is 0 Å². The van der Waals surface area contributed by atoms with Crippen LogP contribution in [-0.4, -0.2) is 19.1 Å². The van der Waals surface area contributed by atoms with Gasteiger partial charge >= 0.3 is 0 Å². The highest BCUT2D eigenvalue weighted by Gasteiger charge is 2.10. The average Bonchev–Trinajstić information content (AvgIpc) is 2.46. The van der Waals surface area contributed by atoms with Crippen molar-refractivity contribution >= 4 is 5.69 Å². The maximum absolute atomic E-state index is 9.39. The van der Waals surface area contributed by atoms with E-state index in [1.165, 1.54) is 12.0 Å². The van der Waals surface area contributed by atoms with E-state index in [1.807, 2.05) is 6.07 Å². The SMILES string of the molecule is CCCCN(CC)c1ccc(CNC(C)C)cc1C#N. The smallest absolute Gasteiger partial charge is 0.101 e. The zero-order valence-corrected chi connectivity index (χ0v) is 13.2. The van der Waals surface area contributed by atoms with Crippen LogP contribution in [0.25, 0.3) is 0 Å². The maximum atomic E-state index is 9.39. The Labute approximate surface area is 123 Å². The van der Waals surface area contributed by atoms with Crippen LogP contribution in [0.2, 0.25) is 0 Å². The van der Waals surface area contributed by atoms with Gasteiger partial charge in [-0.15, -0.1) is 0 Å². The number of hydrogen-bond acceptors (Lipinski definition) is 3. The van der Waals surface area contributed by atoms with Crippen molar-refractivity contribution in [2.75, 3.05) is 18.0 Å². The summed E-state index contributed by atoms with van der Waals surface area (Å²) in [7, 11) is 0. The molecule has 20 heavy (non-hydrogen) atoms. The fourth-order valence-corrected chi connectivity index (χ4v) is 2.18. The summed E-state index contributed by atoms with van der Waals surface area (Å²) in [5.74, 6) is 0. The van der Waals surface area contributed by atoms with Crippen LogP contribution in [-0.2, 0) is 6.54 Å². The topological polar surface area (TPSA) is 39.1 Å². The molecule has 1 N–H and O–H groups in total. The summed E-state index contributed by atoms with van der Waals surface area (Å²) >= 11 is 0. The summed E-state index contributed by atoms with van der Waals surface area (Å²) in [5.41, 5.74) is 3.02. The van der Waals surface area contributed by atoms with Crippen LogP contribution in [0, 0.1) is 11.3 Å². The normalized spacial score (nSPS) is 10.6. The third kappa shape index (κ3) is 4.86. The van der Waals surface area contributed by atoms with Gasteiger partial charge in [-0.2, -0.15) is 5.26 Å². The Balaban J connectivity index is 2.89. The summed E-state index contributed by atoms with van der Waals surface area (Å²) in [6.07, 6.45) is 2.34. The summed E-state index contributed by atoms with van der Waals surface area (Å²) in [4.78, 5) is 2.29. The molecule has 1 aromatic carbocycles. The third-order valence-corrected chi connectivity index (χ3v) is 3.40. The quantitative estimate of drug-likeness (QED) is 0.785. The lowest BCUT2D eigenvalue weighted by atomic mass is 10.1. The molecule has 3 nitrogen and oxygen atoms in total. The zero-order chi connectivity index (χ0) is 15.0. The molecule has 1 rings (SSSR count). The highest BCUT2D eigenvalue weighted by molar-refractivity contribution is 5.60. The molecule has 0 saturated carbocycles. The molecule has 0 aliphatic rings. The van der Waals surface area contributed by atoms with Gasteiger partial charge in [-0.1, -0.05) is 33.3 Å². The van der Waals surface area contributed by atoms with Crippen LogP contribution in [0.4, 0.5) is 5.69 Å². The van der Waals surface area contributed by atoms with Gasteiger partial charge in [0.15, 0.2) is 0 Å². The van der Waals surface area contributed by atoms with E-state index in [4.69, 9.17) is 0 Å². The molecule has 0 saturated heterocycles. The van der Waals surface area contributed by atoms with Crippen LogP contribution in [0.15, 0.2) is 18.2 Å². The van der Waals surface area contributed by atoms with Crippen LogP contribution in [0.1, 0.15) is 51.7 Å². The van der Waals surface area contributed by atoms with Crippen LogP contribution < -0.4 is 10.2 Å². The second-order valence-corrected chi connectivity index (χ2v) is 5.43. The van der Waals surface area contributed by atoms with E-state index in [-0.39, 0.29) is 0 Å². The lowest BCUT2D eigenvalue weighted by molar-refractivity contribution is 0.589. The molecule has 0 bridgehead atoms. The molecule has 0 heterocycles. The fraction of sp³-hybridized carbons (Fsp3) is 0.588. The molecule has 0 aliphatic heterocycles. The molecule has 0 radical (unpaired) electrons. The predicted molar refractivity (Wildman–Crippen MR) is 85.9 cm³/mol. The van der Waals surface area contributed by atoms with Gasteiger partial charge in [0, 0.05) is 25.7 Å². The van der Waals surface area contributed by atoms with E-state index in [1.54, 1.807) is 0 Å². The molecule has 3 heteroatoms. The standard InChI is InChI=1S/C17H27N3/c1-5-7-10-20(6-2)17-9-8-15(11-16(17)12-18)13-19-14(3)4/h8-9,11,14,19H,5-7,10,13H2,1-4H3. The summed E-state index contributed by atoms with van der Waals surface area (Å²) in [5, 5.41) is 12.8. The summed E-state index contributed by atoms with van der Waals surface area (Å²) in [6, 6.07) is 9.03. The number of nitrogens with zero attached hydrogens (tertiary/aromatic N) is 2. The second-order valence-electron chi connectivity index (χ2n) is 5.43. The number of hydrogen-bond donors (Lipinski definition) is 1. The van der Waals surface area contributed by atoms with Gasteiger partial charge in [0.05, 0.1) is 11.3 Å². The lowest BCUT2D eigenvalue weighted by Gasteiger charge is -2.24. The zero-order valence-electron chi connectivity index (χ0n) is 13.2. The molecule has 0 fully saturated rings. The summed E-state index contributed by atoms with van der Waals surface area (Å²) in [6.45, 7) is 11.4. The van der Waals surface area contributed by atoms with Gasteiger partial charge in [-0.05, 0) is 31.0 Å². The Morgan fingerprint density at radius 3 is 2.60 bits per heavy atom. The van der Waals surface area contributed by atoms with E-state index in [0.29, 0.717) is 6.04 Å². The predicted octanol–water partition coefficient (Wildman–Crippen LogP) is 3.68. The Bertz CT molecular complexity index is 446. The minimum Gasteiger partial charge on any atom is -0.371 e. The van der Waals surface area contributed by atoms with Crippen molar-refractivity contribution in [1.29, 1.82) is 5.26 Å². The van der Waals surface area contributed by atoms with Gasteiger partial charge in [0.1, 0.15) is 6.07 Å². The van der Waals surface area contributed by atoms with Gasteiger partial charge in [0.2, 0.25) is 0 Å². The van der Waals surface area contributed by atoms with Crippen LogP contribution in [0.3, 0.4) is 0 Å². The van der Waals surface area contributed by atoms with Gasteiger partial charge in [-0.3, -0.25) is 0 Å². The monoisotopic (exact) mass is 273 g/mol. The van der Waals surface area contributed by atoms with Crippen molar-refractivity contribution in [2.24, 2.45) is 0 Å². The van der Waals surface area contributed by atoms with Gasteiger partial charge < -0.3 is 10.2 Å². The Hall–Kier alpha value is -1.53. The molecule has 0 spiro atoms. The number of anilines is 1. The Morgan fingerprint density at radius 1 is 1.30 bits per heavy atom. The molecule has 0 unspecified atom stereocenters. The van der Waals surface area contributed by atoms with Gasteiger partial charge in [-0.25, -0.2) is 0 Å². The molecule has 1 aromatic rings. The highest BCUT2D eigenvalue weighted by atomic mass is 15.1. The number of nitrogens with one attached hydrogen (secondary N) is 1. The number of rotatable bonds is 8. The minimum atomic E-state index is 0.455. The number of nitriles is 1. The van der Waals surface area contributed by atoms with Crippen molar-refractivity contribution in [3.05, 3.63) is 29.3 Å². The van der Waals surface area contributed by atoms with Crippen molar-refractivity contribution in [1.82, 2.24) is 5.32 Å². The first-order chi connectivity index (χ1) is 9.62. The minimum absolute atomic E-state index is 0.455. The average molecular weight is 273 g/mol. The third-order valence-electron chi connectivity index (χ3n) is 3.40. The maximum Gasteiger partial charge on any atom is 0.101 e. The number of unbranched alkanes of at least 4 members (excludes halogenated alkanes) is 1. The fourth-order valence-electron chi connectivity index (χ4n) is 2.18. The largest absolute Gasteiger partial charge is 0.371 e. The first kappa shape index (κ1) is 16.5. The van der Waals surface area contributed by atoms with Crippen molar-refractivity contribution in [3.63, 3.8) is 0 Å². The van der Waals surface area contributed by atoms with E-state index in [0.717, 1.165) is 37.3 Å². The lowest BCUT2D eigenvalue weighted by Crippen LogP contribution is -2.25. The summed E-state index contributed by atoms with van der Waals surface area (Å²) < 4.78 is 0. The van der Waals surface area contributed by atoms with Crippen molar-refractivity contribution in [3.8, 4) is 6.07 Å². The van der Waals surface area contributed by atoms with Crippen molar-refractivity contribution < 1.29 is 0 Å².